The Balaban J connectivity index is 2.03. The largest absolute Gasteiger partial charge is 0.494 e. The van der Waals surface area contributed by atoms with Crippen molar-refractivity contribution in [1.82, 2.24) is 0 Å². The molecule has 0 atom stereocenters. The zero-order chi connectivity index (χ0) is 27.2. The molecule has 0 saturated carbocycles. The summed E-state index contributed by atoms with van der Waals surface area (Å²) in [6, 6.07) is 13.9. The van der Waals surface area contributed by atoms with Gasteiger partial charge in [0.2, 0.25) is 5.91 Å². The van der Waals surface area contributed by atoms with E-state index in [0.717, 1.165) is 18.2 Å². The van der Waals surface area contributed by atoms with Crippen LogP contribution in [0, 0.1) is 0 Å². The van der Waals surface area contributed by atoms with E-state index in [2.05, 4.69) is 5.32 Å². The number of carbonyl (C=O) groups is 1. The highest BCUT2D eigenvalue weighted by Crippen LogP contribution is 2.35. The average molecular weight is 539 g/mol. The molecule has 3 aromatic carbocycles. The number of rotatable bonds is 10. The van der Waals surface area contributed by atoms with Crippen LogP contribution in [0.4, 0.5) is 24.5 Å². The molecule has 3 rings (SSSR count). The summed E-state index contributed by atoms with van der Waals surface area (Å²) in [5.41, 5.74) is -1.09. The fourth-order valence-electron chi connectivity index (χ4n) is 3.42. The fourth-order valence-corrected chi connectivity index (χ4v) is 4.85. The van der Waals surface area contributed by atoms with Gasteiger partial charge in [-0.05, 0) is 49.4 Å². The van der Waals surface area contributed by atoms with Crippen LogP contribution in [0.15, 0.2) is 71.6 Å². The van der Waals surface area contributed by atoms with Crippen LogP contribution < -0.4 is 23.8 Å². The van der Waals surface area contributed by atoms with Gasteiger partial charge in [0.25, 0.3) is 10.0 Å². The predicted octanol–water partition coefficient (Wildman–Crippen LogP) is 4.96. The van der Waals surface area contributed by atoms with E-state index in [-0.39, 0.29) is 22.1 Å². The van der Waals surface area contributed by atoms with E-state index in [4.69, 9.17) is 14.2 Å². The van der Waals surface area contributed by atoms with Crippen LogP contribution in [-0.2, 0) is 21.0 Å². The molecular formula is C25H25F3N2O6S. The van der Waals surface area contributed by atoms with Gasteiger partial charge in [-0.2, -0.15) is 13.2 Å². The zero-order valence-electron chi connectivity index (χ0n) is 20.2. The van der Waals surface area contributed by atoms with Crippen molar-refractivity contribution in [2.45, 2.75) is 18.0 Å². The van der Waals surface area contributed by atoms with Crippen LogP contribution >= 0.6 is 0 Å². The second-order valence-corrected chi connectivity index (χ2v) is 9.45. The number of carbonyl (C=O) groups excluding carboxylic acids is 1. The maximum Gasteiger partial charge on any atom is 0.416 e. The third-order valence-electron chi connectivity index (χ3n) is 5.12. The SMILES string of the molecule is CCOc1cccc(NC(=O)CN(c2cccc(C(F)(F)F)c2)S(=O)(=O)c2ccc(OC)c(OC)c2)c1. The molecule has 0 spiro atoms. The summed E-state index contributed by atoms with van der Waals surface area (Å²) in [6.45, 7) is 1.37. The van der Waals surface area contributed by atoms with Gasteiger partial charge in [0.15, 0.2) is 11.5 Å². The summed E-state index contributed by atoms with van der Waals surface area (Å²) in [7, 11) is -1.86. The molecular weight excluding hydrogens is 513 g/mol. The normalized spacial score (nSPS) is 11.5. The van der Waals surface area contributed by atoms with Crippen LogP contribution in [0.25, 0.3) is 0 Å². The number of benzene rings is 3. The number of hydrogen-bond acceptors (Lipinski definition) is 6. The van der Waals surface area contributed by atoms with E-state index in [1.54, 1.807) is 31.2 Å². The Bertz CT molecular complexity index is 1360. The number of alkyl halides is 3. The first-order valence-corrected chi connectivity index (χ1v) is 12.4. The molecule has 3 aromatic rings. The highest BCUT2D eigenvalue weighted by Gasteiger charge is 2.33. The highest BCUT2D eigenvalue weighted by molar-refractivity contribution is 7.92. The average Bonchev–Trinajstić information content (AvgIpc) is 2.86. The second-order valence-electron chi connectivity index (χ2n) is 7.59. The van der Waals surface area contributed by atoms with Gasteiger partial charge < -0.3 is 19.5 Å². The number of nitrogens with zero attached hydrogens (tertiary/aromatic N) is 1. The van der Waals surface area contributed by atoms with E-state index in [9.17, 15) is 26.4 Å². The van der Waals surface area contributed by atoms with Crippen molar-refractivity contribution >= 4 is 27.3 Å². The lowest BCUT2D eigenvalue weighted by molar-refractivity contribution is -0.137. The van der Waals surface area contributed by atoms with E-state index in [1.165, 1.54) is 32.4 Å². The minimum Gasteiger partial charge on any atom is -0.494 e. The molecule has 37 heavy (non-hydrogen) atoms. The maximum atomic E-state index is 13.6. The van der Waals surface area contributed by atoms with E-state index >= 15 is 0 Å². The topological polar surface area (TPSA) is 94.2 Å². The third-order valence-corrected chi connectivity index (χ3v) is 6.89. The van der Waals surface area contributed by atoms with Gasteiger partial charge in [0, 0.05) is 17.8 Å². The van der Waals surface area contributed by atoms with E-state index in [1.807, 2.05) is 0 Å². The molecule has 0 heterocycles. The first-order chi connectivity index (χ1) is 17.5. The molecule has 1 amide bonds. The molecule has 0 bridgehead atoms. The monoisotopic (exact) mass is 538 g/mol. The minimum atomic E-state index is -4.73. The lowest BCUT2D eigenvalue weighted by Gasteiger charge is -2.25. The second kappa shape index (κ2) is 11.4. The van der Waals surface area contributed by atoms with Gasteiger partial charge in [-0.15, -0.1) is 0 Å². The number of hydrogen-bond donors (Lipinski definition) is 1. The maximum absolute atomic E-state index is 13.6. The Kier molecular flexibility index (Phi) is 8.53. The predicted molar refractivity (Wildman–Crippen MR) is 132 cm³/mol. The number of sulfonamides is 1. The van der Waals surface area contributed by atoms with Gasteiger partial charge in [0.1, 0.15) is 12.3 Å². The molecule has 0 aromatic heterocycles. The lowest BCUT2D eigenvalue weighted by atomic mass is 10.2. The molecule has 0 aliphatic rings. The Morgan fingerprint density at radius 3 is 2.30 bits per heavy atom. The summed E-state index contributed by atoms with van der Waals surface area (Å²) >= 11 is 0. The van der Waals surface area contributed by atoms with Gasteiger partial charge in [-0.1, -0.05) is 12.1 Å². The number of anilines is 2. The van der Waals surface area contributed by atoms with Crippen molar-refractivity contribution in [3.05, 3.63) is 72.3 Å². The summed E-state index contributed by atoms with van der Waals surface area (Å²) in [5, 5.41) is 2.56. The lowest BCUT2D eigenvalue weighted by Crippen LogP contribution is -2.38. The quantitative estimate of drug-likeness (QED) is 0.392. The Morgan fingerprint density at radius 1 is 0.946 bits per heavy atom. The number of amides is 1. The summed E-state index contributed by atoms with van der Waals surface area (Å²) in [4.78, 5) is 12.6. The Morgan fingerprint density at radius 2 is 1.65 bits per heavy atom. The van der Waals surface area contributed by atoms with Crippen molar-refractivity contribution in [1.29, 1.82) is 0 Å². The van der Waals surface area contributed by atoms with Gasteiger partial charge in [-0.3, -0.25) is 9.10 Å². The first kappa shape index (κ1) is 27.7. The van der Waals surface area contributed by atoms with Gasteiger partial charge in [0.05, 0.1) is 37.0 Å². The van der Waals surface area contributed by atoms with Crippen molar-refractivity contribution in [3.63, 3.8) is 0 Å². The van der Waals surface area contributed by atoms with Crippen LogP contribution in [0.1, 0.15) is 12.5 Å². The number of methoxy groups -OCH3 is 2. The van der Waals surface area contributed by atoms with Gasteiger partial charge in [-0.25, -0.2) is 8.42 Å². The van der Waals surface area contributed by atoms with Crippen molar-refractivity contribution in [3.8, 4) is 17.2 Å². The van der Waals surface area contributed by atoms with Crippen LogP contribution in [0.3, 0.4) is 0 Å². The number of ether oxygens (including phenoxy) is 3. The summed E-state index contributed by atoms with van der Waals surface area (Å²) in [6.07, 6.45) is -4.73. The van der Waals surface area contributed by atoms with Crippen LogP contribution in [0.5, 0.6) is 17.2 Å². The molecule has 0 aliphatic carbocycles. The van der Waals surface area contributed by atoms with Crippen LogP contribution in [0.2, 0.25) is 0 Å². The Hall–Kier alpha value is -3.93. The fraction of sp³-hybridized carbons (Fsp3) is 0.240. The standard InChI is InChI=1S/C25H25F3N2O6S/c1-4-36-20-10-6-8-18(14-20)29-24(31)16-30(19-9-5-7-17(13-19)25(26,27)28)37(32,33)21-11-12-22(34-2)23(15-21)35-3/h5-15H,4,16H2,1-3H3,(H,29,31). The molecule has 1 N–H and O–H groups in total. The molecule has 0 aliphatic heterocycles. The van der Waals surface area contributed by atoms with Crippen molar-refractivity contribution in [2.75, 3.05) is 37.0 Å². The first-order valence-electron chi connectivity index (χ1n) is 10.9. The van der Waals surface area contributed by atoms with Crippen LogP contribution in [-0.4, -0.2) is 41.7 Å². The minimum absolute atomic E-state index is 0.0877. The molecule has 0 radical (unpaired) electrons. The zero-order valence-corrected chi connectivity index (χ0v) is 21.0. The summed E-state index contributed by atoms with van der Waals surface area (Å²) < 4.78 is 83.7. The smallest absolute Gasteiger partial charge is 0.416 e. The number of nitrogens with one attached hydrogen (secondary N) is 1. The molecule has 0 saturated heterocycles. The van der Waals surface area contributed by atoms with E-state index in [0.29, 0.717) is 28.4 Å². The van der Waals surface area contributed by atoms with Crippen molar-refractivity contribution < 1.29 is 40.6 Å². The molecule has 0 unspecified atom stereocenters. The highest BCUT2D eigenvalue weighted by atomic mass is 32.2. The van der Waals surface area contributed by atoms with E-state index < -0.39 is 34.2 Å². The summed E-state index contributed by atoms with van der Waals surface area (Å²) in [5.74, 6) is 0.0341. The molecule has 8 nitrogen and oxygen atoms in total. The third kappa shape index (κ3) is 6.64. The molecule has 0 fully saturated rings. The van der Waals surface area contributed by atoms with Crippen molar-refractivity contribution in [2.24, 2.45) is 0 Å². The van der Waals surface area contributed by atoms with Gasteiger partial charge >= 0.3 is 6.18 Å². The molecule has 198 valence electrons. The Labute approximate surface area is 212 Å². The number of halogens is 3. The molecule has 12 heteroatoms.